The molecule has 5 heteroatoms. The zero-order valence-electron chi connectivity index (χ0n) is 8.64. The first kappa shape index (κ1) is 12.0. The summed E-state index contributed by atoms with van der Waals surface area (Å²) in [6.45, 7) is 1.75. The van der Waals surface area contributed by atoms with Crippen molar-refractivity contribution in [1.82, 2.24) is 0 Å². The van der Waals surface area contributed by atoms with Gasteiger partial charge < -0.3 is 0 Å². The van der Waals surface area contributed by atoms with E-state index in [1.165, 1.54) is 6.08 Å². The maximum Gasteiger partial charge on any atom is 0.270 e. The summed E-state index contributed by atoms with van der Waals surface area (Å²) in [5, 5.41) is 10.5. The molecule has 0 bridgehead atoms. The van der Waals surface area contributed by atoms with Crippen LogP contribution in [0.3, 0.4) is 0 Å². The van der Waals surface area contributed by atoms with Crippen LogP contribution in [0.2, 0.25) is 0 Å². The van der Waals surface area contributed by atoms with Gasteiger partial charge in [0, 0.05) is 17.7 Å². The fraction of sp³-hybridized carbons (Fsp3) is 0.182. The number of non-ortho nitro benzene ring substituents is 1. The van der Waals surface area contributed by atoms with E-state index in [1.807, 2.05) is 0 Å². The normalized spacial score (nSPS) is 11.2. The van der Waals surface area contributed by atoms with E-state index in [0.717, 1.165) is 18.2 Å². The SMILES string of the molecule is CC/C(C=O)=C/c1cc([N+](=O)[O-])ccc1F. The highest BCUT2D eigenvalue weighted by molar-refractivity contribution is 5.81. The number of benzene rings is 1. The molecule has 0 radical (unpaired) electrons. The highest BCUT2D eigenvalue weighted by atomic mass is 19.1. The molecule has 0 fully saturated rings. The van der Waals surface area contributed by atoms with Crippen molar-refractivity contribution in [3.05, 3.63) is 45.3 Å². The van der Waals surface area contributed by atoms with Crippen molar-refractivity contribution in [1.29, 1.82) is 0 Å². The van der Waals surface area contributed by atoms with Crippen LogP contribution >= 0.6 is 0 Å². The van der Waals surface area contributed by atoms with Gasteiger partial charge in [0.2, 0.25) is 0 Å². The fourth-order valence-electron chi connectivity index (χ4n) is 1.17. The Morgan fingerprint density at radius 2 is 2.25 bits per heavy atom. The van der Waals surface area contributed by atoms with Crippen molar-refractivity contribution in [2.75, 3.05) is 0 Å². The molecule has 4 nitrogen and oxygen atoms in total. The van der Waals surface area contributed by atoms with Gasteiger partial charge in [-0.15, -0.1) is 0 Å². The number of hydrogen-bond acceptors (Lipinski definition) is 3. The lowest BCUT2D eigenvalue weighted by molar-refractivity contribution is -0.384. The molecular formula is C11H10FNO3. The first-order valence-corrected chi connectivity index (χ1v) is 4.68. The lowest BCUT2D eigenvalue weighted by atomic mass is 10.1. The van der Waals surface area contributed by atoms with Gasteiger partial charge in [0.05, 0.1) is 4.92 Å². The lowest BCUT2D eigenvalue weighted by Crippen LogP contribution is -1.92. The Kier molecular flexibility index (Phi) is 3.88. The standard InChI is InChI=1S/C11H10FNO3/c1-2-8(7-14)5-9-6-10(13(15)16)3-4-11(9)12/h3-7H,2H2,1H3/b8-5-. The van der Waals surface area contributed by atoms with E-state index in [-0.39, 0.29) is 11.3 Å². The predicted octanol–water partition coefficient (Wildman–Crippen LogP) is 2.73. The van der Waals surface area contributed by atoms with Crippen LogP contribution in [0, 0.1) is 15.9 Å². The lowest BCUT2D eigenvalue weighted by Gasteiger charge is -1.99. The van der Waals surface area contributed by atoms with Crippen molar-refractivity contribution >= 4 is 18.0 Å². The second kappa shape index (κ2) is 5.16. The smallest absolute Gasteiger partial charge is 0.270 e. The number of hydrogen-bond donors (Lipinski definition) is 0. The highest BCUT2D eigenvalue weighted by Crippen LogP contribution is 2.19. The van der Waals surface area contributed by atoms with Gasteiger partial charge in [-0.3, -0.25) is 14.9 Å². The minimum absolute atomic E-state index is 0.0538. The predicted molar refractivity (Wildman–Crippen MR) is 57.4 cm³/mol. The second-order valence-corrected chi connectivity index (χ2v) is 3.15. The third-order valence-corrected chi connectivity index (χ3v) is 2.09. The van der Waals surface area contributed by atoms with Crippen molar-refractivity contribution in [3.63, 3.8) is 0 Å². The molecule has 0 aliphatic rings. The summed E-state index contributed by atoms with van der Waals surface area (Å²) in [6, 6.07) is 3.20. The molecule has 16 heavy (non-hydrogen) atoms. The molecule has 1 aromatic rings. The number of aldehydes is 1. The van der Waals surface area contributed by atoms with E-state index in [4.69, 9.17) is 0 Å². The molecule has 0 aromatic heterocycles. The Labute approximate surface area is 91.5 Å². The molecule has 1 rings (SSSR count). The Hall–Kier alpha value is -2.04. The van der Waals surface area contributed by atoms with Crippen LogP contribution in [0.25, 0.3) is 6.08 Å². The second-order valence-electron chi connectivity index (χ2n) is 3.15. The minimum Gasteiger partial charge on any atom is -0.298 e. The first-order chi connectivity index (χ1) is 7.58. The van der Waals surface area contributed by atoms with Crippen LogP contribution in [-0.4, -0.2) is 11.2 Å². The molecule has 0 amide bonds. The maximum absolute atomic E-state index is 13.3. The van der Waals surface area contributed by atoms with Crippen molar-refractivity contribution in [3.8, 4) is 0 Å². The third-order valence-electron chi connectivity index (χ3n) is 2.09. The number of halogens is 1. The number of nitro groups is 1. The number of nitrogens with zero attached hydrogens (tertiary/aromatic N) is 1. The summed E-state index contributed by atoms with van der Waals surface area (Å²) in [6.07, 6.45) is 2.37. The Morgan fingerprint density at radius 3 is 2.75 bits per heavy atom. The summed E-state index contributed by atoms with van der Waals surface area (Å²) in [5.74, 6) is -0.585. The Bertz CT molecular complexity index is 455. The molecular weight excluding hydrogens is 213 g/mol. The van der Waals surface area contributed by atoms with Gasteiger partial charge in [-0.25, -0.2) is 4.39 Å². The average molecular weight is 223 g/mol. The molecule has 0 N–H and O–H groups in total. The van der Waals surface area contributed by atoms with Crippen molar-refractivity contribution < 1.29 is 14.1 Å². The molecule has 0 atom stereocenters. The molecule has 0 saturated heterocycles. The fourth-order valence-corrected chi connectivity index (χ4v) is 1.17. The van der Waals surface area contributed by atoms with E-state index >= 15 is 0 Å². The monoisotopic (exact) mass is 223 g/mol. The zero-order valence-corrected chi connectivity index (χ0v) is 8.64. The van der Waals surface area contributed by atoms with E-state index in [0.29, 0.717) is 18.3 Å². The quantitative estimate of drug-likeness (QED) is 0.341. The minimum atomic E-state index is -0.608. The van der Waals surface area contributed by atoms with Gasteiger partial charge in [-0.05, 0) is 24.1 Å². The van der Waals surface area contributed by atoms with Gasteiger partial charge in [-0.2, -0.15) is 0 Å². The average Bonchev–Trinajstić information content (AvgIpc) is 2.27. The van der Waals surface area contributed by atoms with Gasteiger partial charge in [0.15, 0.2) is 0 Å². The molecule has 0 unspecified atom stereocenters. The van der Waals surface area contributed by atoms with Crippen LogP contribution in [-0.2, 0) is 4.79 Å². The topological polar surface area (TPSA) is 60.2 Å². The summed E-state index contributed by atoms with van der Waals surface area (Å²) >= 11 is 0. The molecule has 1 aromatic carbocycles. The van der Waals surface area contributed by atoms with Gasteiger partial charge >= 0.3 is 0 Å². The molecule has 0 saturated carbocycles. The van der Waals surface area contributed by atoms with Crippen molar-refractivity contribution in [2.24, 2.45) is 0 Å². The first-order valence-electron chi connectivity index (χ1n) is 4.68. The summed E-state index contributed by atoms with van der Waals surface area (Å²) in [7, 11) is 0. The largest absolute Gasteiger partial charge is 0.298 e. The summed E-state index contributed by atoms with van der Waals surface area (Å²) < 4.78 is 13.3. The molecule has 0 heterocycles. The number of nitro benzene ring substituents is 1. The molecule has 0 aliphatic carbocycles. The summed E-state index contributed by atoms with van der Waals surface area (Å²) in [5.41, 5.74) is 0.242. The number of allylic oxidation sites excluding steroid dienone is 1. The Morgan fingerprint density at radius 1 is 1.56 bits per heavy atom. The van der Waals surface area contributed by atoms with E-state index in [1.54, 1.807) is 6.92 Å². The van der Waals surface area contributed by atoms with E-state index < -0.39 is 10.7 Å². The van der Waals surface area contributed by atoms with Crippen LogP contribution in [0.15, 0.2) is 23.8 Å². The van der Waals surface area contributed by atoms with Gasteiger partial charge in [0.25, 0.3) is 5.69 Å². The summed E-state index contributed by atoms with van der Waals surface area (Å²) in [4.78, 5) is 20.4. The number of carbonyl (C=O) groups excluding carboxylic acids is 1. The van der Waals surface area contributed by atoms with Crippen LogP contribution in [0.4, 0.5) is 10.1 Å². The van der Waals surface area contributed by atoms with Gasteiger partial charge in [-0.1, -0.05) is 6.92 Å². The van der Waals surface area contributed by atoms with E-state index in [9.17, 15) is 19.3 Å². The number of rotatable bonds is 4. The van der Waals surface area contributed by atoms with Crippen LogP contribution in [0.1, 0.15) is 18.9 Å². The van der Waals surface area contributed by atoms with Crippen LogP contribution < -0.4 is 0 Å². The van der Waals surface area contributed by atoms with Crippen LogP contribution in [0.5, 0.6) is 0 Å². The maximum atomic E-state index is 13.3. The molecule has 84 valence electrons. The third kappa shape index (κ3) is 2.73. The Balaban J connectivity index is 3.21. The highest BCUT2D eigenvalue weighted by Gasteiger charge is 2.09. The molecule has 0 aliphatic heterocycles. The zero-order chi connectivity index (χ0) is 12.1. The van der Waals surface area contributed by atoms with Crippen molar-refractivity contribution in [2.45, 2.75) is 13.3 Å². The van der Waals surface area contributed by atoms with Gasteiger partial charge in [0.1, 0.15) is 12.1 Å². The molecule has 0 spiro atoms. The number of carbonyl (C=O) groups is 1. The van der Waals surface area contributed by atoms with E-state index in [2.05, 4.69) is 0 Å².